The van der Waals surface area contributed by atoms with E-state index in [4.69, 9.17) is 19.3 Å². The van der Waals surface area contributed by atoms with Crippen molar-refractivity contribution in [3.63, 3.8) is 0 Å². The summed E-state index contributed by atoms with van der Waals surface area (Å²) in [5.74, 6) is -0.964. The molecule has 0 saturated heterocycles. The summed E-state index contributed by atoms with van der Waals surface area (Å²) in [6.07, 6.45) is 45.0. The van der Waals surface area contributed by atoms with E-state index in [9.17, 15) is 19.3 Å². The van der Waals surface area contributed by atoms with E-state index in [-0.39, 0.29) is 25.6 Å². The van der Waals surface area contributed by atoms with E-state index >= 15 is 0 Å². The van der Waals surface area contributed by atoms with Gasteiger partial charge in [0, 0.05) is 12.8 Å². The molecule has 0 aliphatic rings. The summed E-state index contributed by atoms with van der Waals surface area (Å²) >= 11 is 0. The van der Waals surface area contributed by atoms with Gasteiger partial charge in [-0.05, 0) is 57.8 Å². The number of unbranched alkanes of at least 4 members (excludes halogenated alkanes) is 18. The van der Waals surface area contributed by atoms with Crippen molar-refractivity contribution in [2.75, 3.05) is 13.2 Å². The van der Waals surface area contributed by atoms with Gasteiger partial charge in [0.15, 0.2) is 6.10 Å². The average molecular weight is 783 g/mol. The molecule has 0 saturated carbocycles. The Morgan fingerprint density at radius 2 is 0.981 bits per heavy atom. The van der Waals surface area contributed by atoms with E-state index < -0.39 is 32.5 Å². The van der Waals surface area contributed by atoms with Crippen molar-refractivity contribution in [3.05, 3.63) is 48.6 Å². The summed E-state index contributed by atoms with van der Waals surface area (Å²) in [6, 6.07) is 0. The molecule has 0 aromatic carbocycles. The minimum absolute atomic E-state index is 0.179. The Hall–Kier alpha value is -2.03. The molecule has 0 bridgehead atoms. The summed E-state index contributed by atoms with van der Waals surface area (Å²) in [7, 11) is -4.77. The van der Waals surface area contributed by atoms with Crippen LogP contribution in [0.2, 0.25) is 0 Å². The van der Waals surface area contributed by atoms with E-state index in [1.54, 1.807) is 0 Å². The fourth-order valence-electron chi connectivity index (χ4n) is 5.88. The van der Waals surface area contributed by atoms with Crippen LogP contribution in [0.3, 0.4) is 0 Å². The van der Waals surface area contributed by atoms with Crippen LogP contribution in [0, 0.1) is 0 Å². The van der Waals surface area contributed by atoms with Crippen molar-refractivity contribution in [1.82, 2.24) is 0 Å². The van der Waals surface area contributed by atoms with Crippen LogP contribution in [0.15, 0.2) is 48.6 Å². The SMILES string of the molecule is CCCCCCCCCCCCCCCCCCCCC(=O)O[C@H](COC(=O)CCC/C=C\C/C=C\C/C=C\C/C=C\CC[C@@H](O)CC)COP(=O)(O)O. The Morgan fingerprint density at radius 3 is 1.44 bits per heavy atom. The lowest BCUT2D eigenvalue weighted by atomic mass is 10.0. The van der Waals surface area contributed by atoms with E-state index in [1.165, 1.54) is 89.9 Å². The first kappa shape index (κ1) is 52.0. The predicted molar refractivity (Wildman–Crippen MR) is 222 cm³/mol. The second kappa shape index (κ2) is 39.2. The molecule has 0 spiro atoms. The van der Waals surface area contributed by atoms with Gasteiger partial charge < -0.3 is 24.4 Å². The Bertz CT molecular complexity index is 1030. The van der Waals surface area contributed by atoms with Crippen molar-refractivity contribution in [2.45, 2.75) is 206 Å². The molecule has 0 heterocycles. The van der Waals surface area contributed by atoms with Gasteiger partial charge in [0.2, 0.25) is 0 Å². The summed E-state index contributed by atoms with van der Waals surface area (Å²) in [5.41, 5.74) is 0. The Balaban J connectivity index is 3.99. The van der Waals surface area contributed by atoms with Crippen LogP contribution >= 0.6 is 7.82 Å². The molecule has 0 aliphatic carbocycles. The van der Waals surface area contributed by atoms with Crippen molar-refractivity contribution in [3.8, 4) is 0 Å². The number of carbonyl (C=O) groups is 2. The highest BCUT2D eigenvalue weighted by atomic mass is 31.2. The smallest absolute Gasteiger partial charge is 0.462 e. The van der Waals surface area contributed by atoms with Gasteiger partial charge in [0.05, 0.1) is 12.7 Å². The van der Waals surface area contributed by atoms with Crippen molar-refractivity contribution in [1.29, 1.82) is 0 Å². The first-order chi connectivity index (χ1) is 26.2. The predicted octanol–water partition coefficient (Wildman–Crippen LogP) is 12.1. The highest BCUT2D eigenvalue weighted by Gasteiger charge is 2.22. The van der Waals surface area contributed by atoms with Gasteiger partial charge >= 0.3 is 19.8 Å². The number of aliphatic hydroxyl groups is 1. The van der Waals surface area contributed by atoms with E-state index in [1.807, 2.05) is 13.0 Å². The zero-order valence-corrected chi connectivity index (χ0v) is 35.1. The molecule has 0 aliphatic heterocycles. The molecule has 54 heavy (non-hydrogen) atoms. The Labute approximate surface area is 329 Å². The van der Waals surface area contributed by atoms with E-state index in [0.717, 1.165) is 57.8 Å². The first-order valence-corrected chi connectivity index (χ1v) is 23.0. The number of hydrogen-bond acceptors (Lipinski definition) is 7. The van der Waals surface area contributed by atoms with E-state index in [0.29, 0.717) is 19.3 Å². The molecule has 3 N–H and O–H groups in total. The number of rotatable bonds is 39. The van der Waals surface area contributed by atoms with Crippen LogP contribution in [-0.2, 0) is 28.2 Å². The molecule has 314 valence electrons. The zero-order valence-electron chi connectivity index (χ0n) is 34.2. The number of phosphoric acid groups is 1. The third kappa shape index (κ3) is 41.1. The van der Waals surface area contributed by atoms with Crippen LogP contribution in [0.5, 0.6) is 0 Å². The molecule has 0 rings (SSSR count). The number of aliphatic hydroxyl groups excluding tert-OH is 1. The first-order valence-electron chi connectivity index (χ1n) is 21.5. The molecule has 0 amide bonds. The zero-order chi connectivity index (χ0) is 39.8. The third-order valence-electron chi connectivity index (χ3n) is 9.26. The van der Waals surface area contributed by atoms with Gasteiger partial charge in [-0.2, -0.15) is 0 Å². The van der Waals surface area contributed by atoms with Crippen LogP contribution in [0.4, 0.5) is 0 Å². The average Bonchev–Trinajstić information content (AvgIpc) is 3.14. The van der Waals surface area contributed by atoms with Crippen molar-refractivity contribution >= 4 is 19.8 Å². The molecule has 10 heteroatoms. The highest BCUT2D eigenvalue weighted by molar-refractivity contribution is 7.46. The highest BCUT2D eigenvalue weighted by Crippen LogP contribution is 2.36. The standard InChI is InChI=1S/C44H79O9P/c1-3-5-6-7-8-9-10-11-12-13-14-15-20-23-26-29-32-35-38-44(47)53-42(40-52-54(48,49)50)39-51-43(46)37-34-31-28-25-22-19-17-16-18-21-24-27-30-33-36-41(45)4-2/h17-19,21,25,27-28,30,41-42,45H,3-16,20,22-24,26,29,31-40H2,1-2H3,(H2,48,49,50)/b19-17-,21-18-,28-25-,30-27-/t41-,42+/m0/s1. The minimum Gasteiger partial charge on any atom is -0.462 e. The maximum Gasteiger partial charge on any atom is 0.469 e. The molecule has 0 aromatic heterocycles. The molecule has 0 radical (unpaired) electrons. The second-order valence-corrected chi connectivity index (χ2v) is 15.7. The van der Waals surface area contributed by atoms with Gasteiger partial charge in [-0.25, -0.2) is 4.57 Å². The lowest BCUT2D eigenvalue weighted by molar-refractivity contribution is -0.161. The lowest BCUT2D eigenvalue weighted by Crippen LogP contribution is -2.29. The number of esters is 2. The fraction of sp³-hybridized carbons (Fsp3) is 0.773. The lowest BCUT2D eigenvalue weighted by Gasteiger charge is -2.18. The number of ether oxygens (including phenoxy) is 2. The monoisotopic (exact) mass is 783 g/mol. The number of carbonyl (C=O) groups excluding carboxylic acids is 2. The largest absolute Gasteiger partial charge is 0.469 e. The summed E-state index contributed by atoms with van der Waals surface area (Å²) in [5, 5.41) is 9.54. The molecule has 0 unspecified atom stereocenters. The minimum atomic E-state index is -4.77. The molecule has 0 aromatic rings. The van der Waals surface area contributed by atoms with Crippen LogP contribution in [0.25, 0.3) is 0 Å². The van der Waals surface area contributed by atoms with Gasteiger partial charge in [-0.3, -0.25) is 14.1 Å². The summed E-state index contributed by atoms with van der Waals surface area (Å²) in [6.45, 7) is 3.37. The van der Waals surface area contributed by atoms with Crippen molar-refractivity contribution < 1.29 is 43.0 Å². The fourth-order valence-corrected chi connectivity index (χ4v) is 6.24. The van der Waals surface area contributed by atoms with Gasteiger partial charge in [-0.15, -0.1) is 0 Å². The van der Waals surface area contributed by atoms with Crippen LogP contribution in [0.1, 0.15) is 194 Å². The van der Waals surface area contributed by atoms with Crippen molar-refractivity contribution in [2.24, 2.45) is 0 Å². The summed E-state index contributed by atoms with van der Waals surface area (Å²) in [4.78, 5) is 42.8. The van der Waals surface area contributed by atoms with E-state index in [2.05, 4.69) is 54.0 Å². The van der Waals surface area contributed by atoms with Gasteiger partial charge in [0.25, 0.3) is 0 Å². The number of hydrogen-bond donors (Lipinski definition) is 3. The Morgan fingerprint density at radius 1 is 0.556 bits per heavy atom. The van der Waals surface area contributed by atoms with Gasteiger partial charge in [-0.1, -0.05) is 172 Å². The second-order valence-electron chi connectivity index (χ2n) is 14.5. The quantitative estimate of drug-likeness (QED) is 0.0240. The molecular formula is C44H79O9P. The topological polar surface area (TPSA) is 140 Å². The number of phosphoric ester groups is 1. The third-order valence-corrected chi connectivity index (χ3v) is 9.75. The molecule has 0 fully saturated rings. The number of allylic oxidation sites excluding steroid dienone is 8. The maximum atomic E-state index is 12.4. The maximum absolute atomic E-state index is 12.4. The van der Waals surface area contributed by atoms with Crippen LogP contribution < -0.4 is 0 Å². The Kier molecular flexibility index (Phi) is 37.7. The molecule has 9 nitrogen and oxygen atoms in total. The molecular weight excluding hydrogens is 703 g/mol. The van der Waals surface area contributed by atoms with Crippen LogP contribution in [-0.4, -0.2) is 52.3 Å². The molecule has 2 atom stereocenters. The summed E-state index contributed by atoms with van der Waals surface area (Å²) < 4.78 is 26.3. The van der Waals surface area contributed by atoms with Gasteiger partial charge in [0.1, 0.15) is 6.61 Å². The normalized spacial score (nSPS) is 13.5.